The van der Waals surface area contributed by atoms with E-state index in [4.69, 9.17) is 5.11 Å². The molecule has 0 spiro atoms. The highest BCUT2D eigenvalue weighted by Gasteiger charge is 2.27. The highest BCUT2D eigenvalue weighted by molar-refractivity contribution is 5.25. The van der Waals surface area contributed by atoms with Gasteiger partial charge >= 0.3 is 0 Å². The van der Waals surface area contributed by atoms with Crippen LogP contribution in [0.3, 0.4) is 0 Å². The summed E-state index contributed by atoms with van der Waals surface area (Å²) in [6.45, 7) is 4.68. The van der Waals surface area contributed by atoms with Gasteiger partial charge < -0.3 is 5.11 Å². The lowest BCUT2D eigenvalue weighted by Crippen LogP contribution is -2.25. The van der Waals surface area contributed by atoms with Crippen LogP contribution in [0.4, 0.5) is 0 Å². The van der Waals surface area contributed by atoms with E-state index in [2.05, 4.69) is 38.1 Å². The summed E-state index contributed by atoms with van der Waals surface area (Å²) in [5, 5.41) is 9.13. The summed E-state index contributed by atoms with van der Waals surface area (Å²) >= 11 is 0. The Kier molecular flexibility index (Phi) is 4.15. The zero-order chi connectivity index (χ0) is 10.4. The van der Waals surface area contributed by atoms with Gasteiger partial charge in [-0.1, -0.05) is 44.2 Å². The Balaban J connectivity index is 2.98. The Morgan fingerprint density at radius 2 is 1.64 bits per heavy atom. The number of benzene rings is 1. The molecule has 1 heteroatoms. The van der Waals surface area contributed by atoms with Gasteiger partial charge in [0.1, 0.15) is 0 Å². The SMILES string of the molecule is CCC(CC)(CCO)c1ccccc1. The van der Waals surface area contributed by atoms with E-state index in [1.54, 1.807) is 0 Å². The van der Waals surface area contributed by atoms with Crippen LogP contribution in [-0.4, -0.2) is 11.7 Å². The van der Waals surface area contributed by atoms with Crippen LogP contribution in [0.1, 0.15) is 38.7 Å². The molecule has 0 bridgehead atoms. The smallest absolute Gasteiger partial charge is 0.0439 e. The Morgan fingerprint density at radius 1 is 1.07 bits per heavy atom. The molecule has 0 radical (unpaired) electrons. The van der Waals surface area contributed by atoms with Crippen LogP contribution in [-0.2, 0) is 5.41 Å². The molecule has 0 aliphatic heterocycles. The Morgan fingerprint density at radius 3 is 2.07 bits per heavy atom. The molecule has 1 aromatic carbocycles. The third-order valence-electron chi connectivity index (χ3n) is 3.33. The minimum atomic E-state index is 0.177. The van der Waals surface area contributed by atoms with Gasteiger partial charge in [0.25, 0.3) is 0 Å². The Labute approximate surface area is 86.8 Å². The van der Waals surface area contributed by atoms with Crippen LogP contribution in [0.2, 0.25) is 0 Å². The van der Waals surface area contributed by atoms with E-state index in [0.29, 0.717) is 0 Å². The first-order valence-corrected chi connectivity index (χ1v) is 5.45. The van der Waals surface area contributed by atoms with Crippen molar-refractivity contribution < 1.29 is 5.11 Å². The summed E-state index contributed by atoms with van der Waals surface area (Å²) in [5.41, 5.74) is 1.54. The highest BCUT2D eigenvalue weighted by Crippen LogP contribution is 2.34. The third-order valence-corrected chi connectivity index (χ3v) is 3.33. The molecule has 1 N–H and O–H groups in total. The van der Waals surface area contributed by atoms with Crippen molar-refractivity contribution in [3.05, 3.63) is 35.9 Å². The van der Waals surface area contributed by atoms with E-state index in [9.17, 15) is 0 Å². The molecule has 0 atom stereocenters. The van der Waals surface area contributed by atoms with Crippen LogP contribution in [0.15, 0.2) is 30.3 Å². The average molecular weight is 192 g/mol. The fourth-order valence-electron chi connectivity index (χ4n) is 2.16. The molecule has 0 fully saturated rings. The first kappa shape index (κ1) is 11.3. The molecular weight excluding hydrogens is 172 g/mol. The zero-order valence-electron chi connectivity index (χ0n) is 9.16. The first-order valence-electron chi connectivity index (χ1n) is 5.45. The Bertz CT molecular complexity index is 249. The van der Waals surface area contributed by atoms with Crippen LogP contribution in [0.25, 0.3) is 0 Å². The van der Waals surface area contributed by atoms with Gasteiger partial charge in [-0.15, -0.1) is 0 Å². The molecule has 1 rings (SSSR count). The molecule has 1 aromatic rings. The van der Waals surface area contributed by atoms with Gasteiger partial charge in [0.2, 0.25) is 0 Å². The van der Waals surface area contributed by atoms with E-state index in [0.717, 1.165) is 19.3 Å². The lowest BCUT2D eigenvalue weighted by Gasteiger charge is -2.31. The monoisotopic (exact) mass is 192 g/mol. The van der Waals surface area contributed by atoms with Crippen molar-refractivity contribution >= 4 is 0 Å². The zero-order valence-corrected chi connectivity index (χ0v) is 9.16. The summed E-state index contributed by atoms with van der Waals surface area (Å²) in [6.07, 6.45) is 3.05. The molecule has 0 heterocycles. The lowest BCUT2D eigenvalue weighted by molar-refractivity contribution is 0.227. The van der Waals surface area contributed by atoms with Gasteiger partial charge in [0.05, 0.1) is 0 Å². The molecule has 0 amide bonds. The van der Waals surface area contributed by atoms with Gasteiger partial charge in [-0.25, -0.2) is 0 Å². The second kappa shape index (κ2) is 5.16. The topological polar surface area (TPSA) is 20.2 Å². The molecule has 0 unspecified atom stereocenters. The molecule has 0 aromatic heterocycles. The summed E-state index contributed by atoms with van der Waals surface area (Å²) in [4.78, 5) is 0. The van der Waals surface area contributed by atoms with E-state index in [1.165, 1.54) is 5.56 Å². The fraction of sp³-hybridized carbons (Fsp3) is 0.538. The average Bonchev–Trinajstić information content (AvgIpc) is 2.27. The van der Waals surface area contributed by atoms with Gasteiger partial charge in [0.15, 0.2) is 0 Å². The molecule has 14 heavy (non-hydrogen) atoms. The van der Waals surface area contributed by atoms with Crippen molar-refractivity contribution in [2.45, 2.75) is 38.5 Å². The minimum absolute atomic E-state index is 0.177. The summed E-state index contributed by atoms with van der Waals surface area (Å²) in [7, 11) is 0. The van der Waals surface area contributed by atoms with Gasteiger partial charge in [0, 0.05) is 6.61 Å². The van der Waals surface area contributed by atoms with Crippen LogP contribution in [0.5, 0.6) is 0 Å². The van der Waals surface area contributed by atoms with Gasteiger partial charge in [-0.3, -0.25) is 0 Å². The van der Waals surface area contributed by atoms with E-state index in [-0.39, 0.29) is 12.0 Å². The summed E-state index contributed by atoms with van der Waals surface area (Å²) in [6, 6.07) is 10.5. The van der Waals surface area contributed by atoms with Crippen LogP contribution >= 0.6 is 0 Å². The normalized spacial score (nSPS) is 11.6. The molecule has 0 saturated carbocycles. The standard InChI is InChI=1S/C13H20O/c1-3-13(4-2,10-11-14)12-8-6-5-7-9-12/h5-9,14H,3-4,10-11H2,1-2H3. The molecule has 1 nitrogen and oxygen atoms in total. The summed E-state index contributed by atoms with van der Waals surface area (Å²) in [5.74, 6) is 0. The summed E-state index contributed by atoms with van der Waals surface area (Å²) < 4.78 is 0. The minimum Gasteiger partial charge on any atom is -0.396 e. The quantitative estimate of drug-likeness (QED) is 0.760. The maximum atomic E-state index is 9.13. The number of hydrogen-bond donors (Lipinski definition) is 1. The van der Waals surface area contributed by atoms with Crippen molar-refractivity contribution in [2.75, 3.05) is 6.61 Å². The lowest BCUT2D eigenvalue weighted by atomic mass is 9.73. The van der Waals surface area contributed by atoms with Crippen molar-refractivity contribution in [1.29, 1.82) is 0 Å². The maximum Gasteiger partial charge on any atom is 0.0439 e. The van der Waals surface area contributed by atoms with Crippen LogP contribution in [0, 0.1) is 0 Å². The molecule has 0 aliphatic rings. The van der Waals surface area contributed by atoms with Crippen LogP contribution < -0.4 is 0 Å². The molecular formula is C13H20O. The van der Waals surface area contributed by atoms with Crippen molar-refractivity contribution in [2.24, 2.45) is 0 Å². The number of hydrogen-bond acceptors (Lipinski definition) is 1. The van der Waals surface area contributed by atoms with Gasteiger partial charge in [-0.2, -0.15) is 0 Å². The second-order valence-corrected chi connectivity index (χ2v) is 3.83. The largest absolute Gasteiger partial charge is 0.396 e. The fourth-order valence-corrected chi connectivity index (χ4v) is 2.16. The maximum absolute atomic E-state index is 9.13. The van der Waals surface area contributed by atoms with E-state index in [1.807, 2.05) is 6.07 Å². The van der Waals surface area contributed by atoms with Gasteiger partial charge in [-0.05, 0) is 30.2 Å². The third kappa shape index (κ3) is 2.16. The predicted octanol–water partition coefficient (Wildman–Crippen LogP) is 3.13. The van der Waals surface area contributed by atoms with E-state index >= 15 is 0 Å². The predicted molar refractivity (Wildman–Crippen MR) is 60.4 cm³/mol. The number of rotatable bonds is 5. The Hall–Kier alpha value is -0.820. The molecule has 78 valence electrons. The van der Waals surface area contributed by atoms with Crippen molar-refractivity contribution in [1.82, 2.24) is 0 Å². The first-order chi connectivity index (χ1) is 6.79. The number of aliphatic hydroxyl groups is 1. The second-order valence-electron chi connectivity index (χ2n) is 3.83. The van der Waals surface area contributed by atoms with E-state index < -0.39 is 0 Å². The molecule has 0 aliphatic carbocycles. The molecule has 0 saturated heterocycles. The van der Waals surface area contributed by atoms with Crippen molar-refractivity contribution in [3.8, 4) is 0 Å². The number of aliphatic hydroxyl groups excluding tert-OH is 1. The van der Waals surface area contributed by atoms with Crippen molar-refractivity contribution in [3.63, 3.8) is 0 Å². The highest BCUT2D eigenvalue weighted by atomic mass is 16.3.